The molecule has 0 unspecified atom stereocenters. The van der Waals surface area contributed by atoms with E-state index in [2.05, 4.69) is 29.1 Å². The van der Waals surface area contributed by atoms with Crippen molar-refractivity contribution in [2.24, 2.45) is 5.41 Å². The van der Waals surface area contributed by atoms with E-state index in [-0.39, 0.29) is 30.0 Å². The summed E-state index contributed by atoms with van der Waals surface area (Å²) in [5, 5.41) is 6.15. The monoisotopic (exact) mass is 536 g/mol. The number of hydrogen-bond donors (Lipinski definition) is 2. The lowest BCUT2D eigenvalue weighted by molar-refractivity contribution is -0.142. The third-order valence-electron chi connectivity index (χ3n) is 6.24. The summed E-state index contributed by atoms with van der Waals surface area (Å²) in [5.41, 5.74) is 7.67. The van der Waals surface area contributed by atoms with Crippen LogP contribution in [0.25, 0.3) is 22.3 Å². The van der Waals surface area contributed by atoms with Crippen molar-refractivity contribution < 1.29 is 9.59 Å². The van der Waals surface area contributed by atoms with Crippen molar-refractivity contribution in [2.75, 3.05) is 18.8 Å². The second-order valence-corrected chi connectivity index (χ2v) is 11.2. The Balaban J connectivity index is 1.51. The van der Waals surface area contributed by atoms with E-state index in [1.54, 1.807) is 41.4 Å². The van der Waals surface area contributed by atoms with Crippen LogP contribution in [0.4, 0.5) is 5.13 Å². The van der Waals surface area contributed by atoms with Gasteiger partial charge in [0.15, 0.2) is 5.13 Å². The van der Waals surface area contributed by atoms with Crippen molar-refractivity contribution in [1.82, 2.24) is 24.8 Å². The highest BCUT2D eigenvalue weighted by molar-refractivity contribution is 7.13. The number of pyridine rings is 2. The number of fused-ring (bicyclic) bond motifs is 1. The maximum Gasteiger partial charge on any atom is 0.265 e. The Morgan fingerprint density at radius 1 is 1.19 bits per heavy atom. The molecule has 1 fully saturated rings. The molecule has 190 valence electrons. The molecule has 4 heterocycles. The lowest BCUT2D eigenvalue weighted by Gasteiger charge is -2.45. The highest BCUT2D eigenvalue weighted by Gasteiger charge is 2.37. The normalized spacial score (nSPS) is 14.4. The average molecular weight is 537 g/mol. The molecule has 0 spiro atoms. The zero-order chi connectivity index (χ0) is 26.3. The van der Waals surface area contributed by atoms with Gasteiger partial charge in [-0.15, -0.1) is 11.3 Å². The molecule has 0 bridgehead atoms. The van der Waals surface area contributed by atoms with Crippen molar-refractivity contribution in [2.45, 2.75) is 26.9 Å². The van der Waals surface area contributed by atoms with Gasteiger partial charge in [-0.2, -0.15) is 0 Å². The van der Waals surface area contributed by atoms with Crippen LogP contribution in [-0.4, -0.2) is 44.3 Å². The number of carbonyl (C=O) groups excluding carboxylic acids is 2. The summed E-state index contributed by atoms with van der Waals surface area (Å²) < 4.78 is 1.28. The number of rotatable bonds is 6. The summed E-state index contributed by atoms with van der Waals surface area (Å²) in [6, 6.07) is 10.4. The lowest BCUT2D eigenvalue weighted by Crippen LogP contribution is -2.56. The zero-order valence-electron chi connectivity index (χ0n) is 20.3. The fraction of sp³-hybridized carbons (Fsp3) is 0.269. The SMILES string of the molecule is CC1(C)CN(C(=O)Cn2c(=O)c(C(=O)NCc3ccc(Cl)cc3)cc3cc(-c4csc(N)n4)cnc32)C1. The van der Waals surface area contributed by atoms with Crippen LogP contribution >= 0.6 is 22.9 Å². The number of benzene rings is 1. The number of thiazole rings is 1. The number of likely N-dealkylation sites (tertiary alicyclic amines) is 1. The van der Waals surface area contributed by atoms with Crippen molar-refractivity contribution in [1.29, 1.82) is 0 Å². The Hall–Kier alpha value is -3.76. The number of hydrogen-bond acceptors (Lipinski definition) is 7. The minimum Gasteiger partial charge on any atom is -0.375 e. The molecule has 2 amide bonds. The number of nitrogen functional groups attached to an aromatic ring is 1. The van der Waals surface area contributed by atoms with Crippen molar-refractivity contribution in [3.63, 3.8) is 0 Å². The van der Waals surface area contributed by atoms with Crippen LogP contribution in [0.15, 0.2) is 52.8 Å². The minimum absolute atomic E-state index is 0.0502. The summed E-state index contributed by atoms with van der Waals surface area (Å²) in [4.78, 5) is 50.1. The van der Waals surface area contributed by atoms with Gasteiger partial charge in [-0.05, 0) is 35.2 Å². The molecule has 5 rings (SSSR count). The van der Waals surface area contributed by atoms with E-state index in [0.717, 1.165) is 5.56 Å². The predicted molar refractivity (Wildman–Crippen MR) is 145 cm³/mol. The summed E-state index contributed by atoms with van der Waals surface area (Å²) in [5.74, 6) is -0.740. The van der Waals surface area contributed by atoms with E-state index < -0.39 is 11.5 Å². The molecule has 3 aromatic heterocycles. The van der Waals surface area contributed by atoms with Gasteiger partial charge in [0.1, 0.15) is 17.8 Å². The molecular formula is C26H25ClN6O3S. The van der Waals surface area contributed by atoms with Gasteiger partial charge in [0.05, 0.1) is 5.69 Å². The third kappa shape index (κ3) is 5.21. The van der Waals surface area contributed by atoms with Gasteiger partial charge in [0.25, 0.3) is 11.5 Å². The first-order valence-corrected chi connectivity index (χ1v) is 12.9. The van der Waals surface area contributed by atoms with Crippen molar-refractivity contribution in [3.8, 4) is 11.3 Å². The van der Waals surface area contributed by atoms with Crippen LogP contribution in [0.5, 0.6) is 0 Å². The first-order valence-electron chi connectivity index (χ1n) is 11.6. The maximum absolute atomic E-state index is 13.5. The van der Waals surface area contributed by atoms with E-state index in [9.17, 15) is 14.4 Å². The number of amides is 2. The molecule has 9 nitrogen and oxygen atoms in total. The molecule has 0 saturated carbocycles. The summed E-state index contributed by atoms with van der Waals surface area (Å²) in [6.45, 7) is 5.40. The average Bonchev–Trinajstić information content (AvgIpc) is 3.29. The molecule has 3 N–H and O–H groups in total. The second kappa shape index (κ2) is 9.60. The van der Waals surface area contributed by atoms with Gasteiger partial charge in [-0.25, -0.2) is 9.97 Å². The Morgan fingerprint density at radius 2 is 1.92 bits per heavy atom. The fourth-order valence-corrected chi connectivity index (χ4v) is 5.11. The number of nitrogens with zero attached hydrogens (tertiary/aromatic N) is 4. The Labute approximate surface area is 221 Å². The van der Waals surface area contributed by atoms with Gasteiger partial charge in [-0.1, -0.05) is 37.6 Å². The van der Waals surface area contributed by atoms with Gasteiger partial charge >= 0.3 is 0 Å². The number of nitrogens with two attached hydrogens (primary N) is 1. The van der Waals surface area contributed by atoms with Gasteiger partial charge < -0.3 is 16.0 Å². The van der Waals surface area contributed by atoms with Gasteiger partial charge in [-0.3, -0.25) is 19.0 Å². The van der Waals surface area contributed by atoms with E-state index in [0.29, 0.717) is 45.5 Å². The molecule has 1 aliphatic heterocycles. The lowest BCUT2D eigenvalue weighted by atomic mass is 9.84. The summed E-state index contributed by atoms with van der Waals surface area (Å²) in [7, 11) is 0. The van der Waals surface area contributed by atoms with Crippen molar-refractivity contribution >= 4 is 50.9 Å². The first kappa shape index (κ1) is 24.9. The number of nitrogens with one attached hydrogen (secondary N) is 1. The maximum atomic E-state index is 13.5. The molecule has 0 atom stereocenters. The summed E-state index contributed by atoms with van der Waals surface area (Å²) >= 11 is 7.24. The minimum atomic E-state index is -0.576. The van der Waals surface area contributed by atoms with E-state index in [1.807, 2.05) is 5.38 Å². The molecule has 1 aromatic carbocycles. The van der Waals surface area contributed by atoms with Crippen LogP contribution < -0.4 is 16.6 Å². The summed E-state index contributed by atoms with van der Waals surface area (Å²) in [6.07, 6.45) is 1.59. The highest BCUT2D eigenvalue weighted by atomic mass is 35.5. The van der Waals surface area contributed by atoms with Crippen LogP contribution in [0.2, 0.25) is 5.02 Å². The predicted octanol–water partition coefficient (Wildman–Crippen LogP) is 3.55. The molecule has 0 radical (unpaired) electrons. The fourth-order valence-electron chi connectivity index (χ4n) is 4.41. The third-order valence-corrected chi connectivity index (χ3v) is 7.16. The molecule has 0 aliphatic carbocycles. The molecular weight excluding hydrogens is 512 g/mol. The Bertz CT molecular complexity index is 1570. The number of aromatic nitrogens is 3. The Morgan fingerprint density at radius 3 is 2.57 bits per heavy atom. The largest absolute Gasteiger partial charge is 0.375 e. The van der Waals surface area contributed by atoms with Crippen LogP contribution in [0.3, 0.4) is 0 Å². The van der Waals surface area contributed by atoms with E-state index in [1.165, 1.54) is 22.0 Å². The topological polar surface area (TPSA) is 123 Å². The van der Waals surface area contributed by atoms with Gasteiger partial charge in [0.2, 0.25) is 5.91 Å². The number of anilines is 1. The Kier molecular flexibility index (Phi) is 6.47. The highest BCUT2D eigenvalue weighted by Crippen LogP contribution is 2.29. The van der Waals surface area contributed by atoms with Crippen LogP contribution in [0.1, 0.15) is 29.8 Å². The smallest absolute Gasteiger partial charge is 0.265 e. The molecule has 11 heteroatoms. The van der Waals surface area contributed by atoms with Crippen molar-refractivity contribution in [3.05, 3.63) is 74.5 Å². The quantitative estimate of drug-likeness (QED) is 0.388. The van der Waals surface area contributed by atoms with Crippen LogP contribution in [0, 0.1) is 5.41 Å². The van der Waals surface area contributed by atoms with Crippen LogP contribution in [-0.2, 0) is 17.9 Å². The number of carbonyl (C=O) groups is 2. The first-order chi connectivity index (χ1) is 17.6. The zero-order valence-corrected chi connectivity index (χ0v) is 21.9. The standard InChI is InChI=1S/C26H25ClN6O3S/c1-26(2)13-32(14-26)21(34)11-33-22-16(7-17(10-29-22)20-12-37-25(28)31-20)8-19(24(33)36)23(35)30-9-15-3-5-18(27)6-4-15/h3-8,10,12H,9,11,13-14H2,1-2H3,(H2,28,31)(H,30,35). The molecule has 1 saturated heterocycles. The molecule has 37 heavy (non-hydrogen) atoms. The van der Waals surface area contributed by atoms with E-state index >= 15 is 0 Å². The number of halogens is 1. The molecule has 1 aliphatic rings. The van der Waals surface area contributed by atoms with E-state index in [4.69, 9.17) is 17.3 Å². The molecule has 4 aromatic rings. The van der Waals surface area contributed by atoms with Gasteiger partial charge in [0, 0.05) is 47.2 Å². The second-order valence-electron chi connectivity index (χ2n) is 9.88.